The monoisotopic (exact) mass is 317 g/mol. The maximum absolute atomic E-state index is 11.1. The Balaban J connectivity index is 2.11. The zero-order valence-electron chi connectivity index (χ0n) is 11.8. The van der Waals surface area contributed by atoms with Gasteiger partial charge in [0, 0.05) is 26.9 Å². The number of hydrogen-bond acceptors (Lipinski definition) is 3. The molecule has 0 aromatic heterocycles. The average molecular weight is 318 g/mol. The molecule has 0 atom stereocenters. The number of hydrogen-bond donors (Lipinski definition) is 0. The summed E-state index contributed by atoms with van der Waals surface area (Å²) in [6.45, 7) is 3.11. The minimum Gasteiger partial charge on any atom is -0.340 e. The highest BCUT2D eigenvalue weighted by Crippen LogP contribution is 2.49. The zero-order valence-corrected chi connectivity index (χ0v) is 13.4. The fraction of sp³-hybridized carbons (Fsp3) is 0.235. The highest BCUT2D eigenvalue weighted by atomic mass is 35.5. The van der Waals surface area contributed by atoms with Crippen molar-refractivity contribution in [2.24, 2.45) is 0 Å². The van der Waals surface area contributed by atoms with Gasteiger partial charge in [-0.15, -0.1) is 0 Å². The van der Waals surface area contributed by atoms with Gasteiger partial charge in [0.1, 0.15) is 6.29 Å². The van der Waals surface area contributed by atoms with Gasteiger partial charge in [0.25, 0.3) is 0 Å². The van der Waals surface area contributed by atoms with Crippen LogP contribution < -0.4 is 4.90 Å². The van der Waals surface area contributed by atoms with Crippen LogP contribution in [0.1, 0.15) is 30.1 Å². The smallest absolute Gasteiger partial charge is 0.150 e. The van der Waals surface area contributed by atoms with Crippen LogP contribution in [0, 0.1) is 0 Å². The van der Waals surface area contributed by atoms with Crippen LogP contribution in [0.3, 0.4) is 0 Å². The molecule has 108 valence electrons. The van der Waals surface area contributed by atoms with Gasteiger partial charge < -0.3 is 4.90 Å². The number of fused-ring (bicyclic) bond motifs is 2. The van der Waals surface area contributed by atoms with E-state index in [0.29, 0.717) is 5.56 Å². The highest BCUT2D eigenvalue weighted by molar-refractivity contribution is 7.99. The molecule has 1 aliphatic rings. The van der Waals surface area contributed by atoms with Crippen molar-refractivity contribution in [2.75, 3.05) is 11.4 Å². The van der Waals surface area contributed by atoms with E-state index in [4.69, 9.17) is 11.6 Å². The molecule has 2 nitrogen and oxygen atoms in total. The molecule has 0 unspecified atom stereocenters. The molecular weight excluding hydrogens is 302 g/mol. The summed E-state index contributed by atoms with van der Waals surface area (Å²) in [6, 6.07) is 11.9. The number of aldehydes is 1. The van der Waals surface area contributed by atoms with Gasteiger partial charge in [0.2, 0.25) is 0 Å². The first-order valence-corrected chi connectivity index (χ1v) is 8.26. The van der Waals surface area contributed by atoms with Crippen molar-refractivity contribution < 1.29 is 4.79 Å². The molecule has 0 fully saturated rings. The predicted molar refractivity (Wildman–Crippen MR) is 89.3 cm³/mol. The Morgan fingerprint density at radius 2 is 1.86 bits per heavy atom. The van der Waals surface area contributed by atoms with E-state index >= 15 is 0 Å². The van der Waals surface area contributed by atoms with E-state index in [-0.39, 0.29) is 0 Å². The summed E-state index contributed by atoms with van der Waals surface area (Å²) in [6.07, 6.45) is 3.13. The Kier molecular flexibility index (Phi) is 4.22. The van der Waals surface area contributed by atoms with Crippen molar-refractivity contribution in [2.45, 2.75) is 29.6 Å². The Morgan fingerprint density at radius 1 is 1.14 bits per heavy atom. The van der Waals surface area contributed by atoms with E-state index in [1.54, 1.807) is 11.8 Å². The predicted octanol–water partition coefficient (Wildman–Crippen LogP) is 5.56. The van der Waals surface area contributed by atoms with E-state index in [0.717, 1.165) is 42.1 Å². The number of halogens is 1. The molecule has 2 aromatic rings. The standard InChI is InChI=1S/C17H16ClNOS/c1-2-3-8-19-14-9-12(11-20)4-6-16(14)21-17-7-5-13(18)10-15(17)19/h4-7,9-11H,2-3,8H2,1H3. The van der Waals surface area contributed by atoms with E-state index < -0.39 is 0 Å². The number of unbranched alkanes of at least 4 members (excludes halogenated alkanes) is 1. The summed E-state index contributed by atoms with van der Waals surface area (Å²) in [5, 5.41) is 0.742. The maximum Gasteiger partial charge on any atom is 0.150 e. The topological polar surface area (TPSA) is 20.3 Å². The van der Waals surface area contributed by atoms with Crippen LogP contribution in [0.4, 0.5) is 11.4 Å². The van der Waals surface area contributed by atoms with Crippen molar-refractivity contribution in [3.63, 3.8) is 0 Å². The van der Waals surface area contributed by atoms with Crippen LogP contribution in [0.15, 0.2) is 46.2 Å². The van der Waals surface area contributed by atoms with Gasteiger partial charge in [-0.05, 0) is 36.8 Å². The molecule has 0 saturated carbocycles. The zero-order chi connectivity index (χ0) is 14.8. The lowest BCUT2D eigenvalue weighted by atomic mass is 10.1. The summed E-state index contributed by atoms with van der Waals surface area (Å²) in [5.74, 6) is 0. The lowest BCUT2D eigenvalue weighted by Gasteiger charge is -2.33. The minimum atomic E-state index is 0.710. The molecule has 0 bridgehead atoms. The first kappa shape index (κ1) is 14.5. The van der Waals surface area contributed by atoms with E-state index in [1.807, 2.05) is 30.3 Å². The number of benzene rings is 2. The van der Waals surface area contributed by atoms with Crippen molar-refractivity contribution >= 4 is 41.0 Å². The van der Waals surface area contributed by atoms with Crippen LogP contribution in [-0.2, 0) is 0 Å². The number of carbonyl (C=O) groups excluding carboxylic acids is 1. The van der Waals surface area contributed by atoms with Gasteiger partial charge in [0.05, 0.1) is 11.4 Å². The van der Waals surface area contributed by atoms with Crippen LogP contribution >= 0.6 is 23.4 Å². The molecule has 0 saturated heterocycles. The number of rotatable bonds is 4. The molecule has 0 aliphatic carbocycles. The third-order valence-electron chi connectivity index (χ3n) is 3.58. The summed E-state index contributed by atoms with van der Waals surface area (Å²) >= 11 is 7.90. The van der Waals surface area contributed by atoms with Gasteiger partial charge in [-0.2, -0.15) is 0 Å². The Labute approximate surface area is 134 Å². The molecule has 4 heteroatoms. The molecule has 1 aliphatic heterocycles. The SMILES string of the molecule is CCCCN1c2cc(Cl)ccc2Sc2ccc(C=O)cc21. The minimum absolute atomic E-state index is 0.710. The second kappa shape index (κ2) is 6.12. The van der Waals surface area contributed by atoms with Crippen LogP contribution in [-0.4, -0.2) is 12.8 Å². The Bertz CT molecular complexity index is 686. The van der Waals surface area contributed by atoms with Crippen molar-refractivity contribution in [3.05, 3.63) is 47.0 Å². The third kappa shape index (κ3) is 2.81. The van der Waals surface area contributed by atoms with E-state index in [2.05, 4.69) is 17.9 Å². The van der Waals surface area contributed by atoms with Gasteiger partial charge in [-0.1, -0.05) is 42.8 Å². The van der Waals surface area contributed by atoms with Gasteiger partial charge in [-0.25, -0.2) is 0 Å². The largest absolute Gasteiger partial charge is 0.340 e. The Morgan fingerprint density at radius 3 is 2.57 bits per heavy atom. The summed E-state index contributed by atoms with van der Waals surface area (Å²) in [4.78, 5) is 15.7. The molecule has 21 heavy (non-hydrogen) atoms. The summed E-state index contributed by atoms with van der Waals surface area (Å²) in [7, 11) is 0. The second-order valence-corrected chi connectivity index (χ2v) is 6.58. The molecule has 1 heterocycles. The first-order chi connectivity index (χ1) is 10.2. The molecule has 0 N–H and O–H groups in total. The van der Waals surface area contributed by atoms with Crippen molar-refractivity contribution in [3.8, 4) is 0 Å². The molecule has 0 spiro atoms. The fourth-order valence-corrected chi connectivity index (χ4v) is 3.72. The van der Waals surface area contributed by atoms with E-state index in [1.165, 1.54) is 9.79 Å². The normalized spacial score (nSPS) is 12.8. The second-order valence-electron chi connectivity index (χ2n) is 5.06. The first-order valence-electron chi connectivity index (χ1n) is 7.07. The third-order valence-corrected chi connectivity index (χ3v) is 4.94. The molecule has 0 radical (unpaired) electrons. The average Bonchev–Trinajstić information content (AvgIpc) is 2.51. The lowest BCUT2D eigenvalue weighted by molar-refractivity contribution is 0.112. The van der Waals surface area contributed by atoms with Crippen LogP contribution in [0.2, 0.25) is 5.02 Å². The maximum atomic E-state index is 11.1. The van der Waals surface area contributed by atoms with Crippen LogP contribution in [0.5, 0.6) is 0 Å². The number of carbonyl (C=O) groups is 1. The molecule has 3 rings (SSSR count). The lowest BCUT2D eigenvalue weighted by Crippen LogP contribution is -2.22. The quantitative estimate of drug-likeness (QED) is 0.689. The van der Waals surface area contributed by atoms with Crippen molar-refractivity contribution in [1.29, 1.82) is 0 Å². The Hall–Kier alpha value is -1.45. The van der Waals surface area contributed by atoms with Crippen LogP contribution in [0.25, 0.3) is 0 Å². The number of anilines is 2. The molecule has 2 aromatic carbocycles. The van der Waals surface area contributed by atoms with Crippen molar-refractivity contribution in [1.82, 2.24) is 0 Å². The van der Waals surface area contributed by atoms with Gasteiger partial charge >= 0.3 is 0 Å². The molecule has 0 amide bonds. The van der Waals surface area contributed by atoms with E-state index in [9.17, 15) is 4.79 Å². The van der Waals surface area contributed by atoms with Gasteiger partial charge in [-0.3, -0.25) is 4.79 Å². The summed E-state index contributed by atoms with van der Waals surface area (Å²) in [5.41, 5.74) is 2.95. The molecular formula is C17H16ClNOS. The highest BCUT2D eigenvalue weighted by Gasteiger charge is 2.23. The summed E-state index contributed by atoms with van der Waals surface area (Å²) < 4.78 is 0. The fourth-order valence-electron chi connectivity index (χ4n) is 2.50. The van der Waals surface area contributed by atoms with Gasteiger partial charge in [0.15, 0.2) is 0 Å². The number of nitrogens with zero attached hydrogens (tertiary/aromatic N) is 1.